The standard InChI is InChI=1S/C38H38Cl3F2N3O8/c39-28-7-3-6-24(34(28)40)22-44(25-10-11-25)37(47)33-31-17-12-26(45(31)38(48)52-18-1-2-20-53-46(49)50)21-32(33)54-27-13-8-23(9-14-27)5-4-19-51-36-30(43)16-15-29(42)35(36)41/h3,6-9,13-16,25-26,31H,1-2,4-5,10-12,17-22H2. The summed E-state index contributed by atoms with van der Waals surface area (Å²) in [5, 5.41) is 9.92. The van der Waals surface area contributed by atoms with Crippen LogP contribution in [0, 0.1) is 21.7 Å². The lowest BCUT2D eigenvalue weighted by molar-refractivity contribution is -0.757. The number of ether oxygens (including phenoxy) is 3. The van der Waals surface area contributed by atoms with Crippen LogP contribution < -0.4 is 9.47 Å². The fourth-order valence-electron chi connectivity index (χ4n) is 6.81. The Morgan fingerprint density at radius 2 is 1.63 bits per heavy atom. The maximum atomic E-state index is 14.7. The average Bonchev–Trinajstić information content (AvgIpc) is 3.94. The van der Waals surface area contributed by atoms with E-state index in [1.807, 2.05) is 18.2 Å². The molecule has 288 valence electrons. The molecular formula is C38H38Cl3F2N3O8. The zero-order valence-corrected chi connectivity index (χ0v) is 31.4. The minimum Gasteiger partial charge on any atom is -0.489 e. The van der Waals surface area contributed by atoms with Crippen LogP contribution >= 0.6 is 34.8 Å². The zero-order chi connectivity index (χ0) is 38.4. The molecular weight excluding hydrogens is 771 g/mol. The molecule has 0 aromatic heterocycles. The van der Waals surface area contributed by atoms with E-state index in [4.69, 9.17) is 49.0 Å². The quantitative estimate of drug-likeness (QED) is 0.0574. The number of rotatable bonds is 17. The van der Waals surface area contributed by atoms with Gasteiger partial charge in [-0.1, -0.05) is 59.1 Å². The highest BCUT2D eigenvalue weighted by atomic mass is 35.5. The van der Waals surface area contributed by atoms with Gasteiger partial charge in [-0.25, -0.2) is 13.6 Å². The number of carbonyl (C=O) groups excluding carboxylic acids is 2. The number of unbranched alkanes of at least 4 members (excludes halogenated alkanes) is 1. The summed E-state index contributed by atoms with van der Waals surface area (Å²) in [4.78, 5) is 46.3. The molecule has 2 atom stereocenters. The van der Waals surface area contributed by atoms with Crippen molar-refractivity contribution in [1.82, 2.24) is 9.80 Å². The first-order valence-electron chi connectivity index (χ1n) is 17.7. The summed E-state index contributed by atoms with van der Waals surface area (Å²) in [6, 6.07) is 13.7. The summed E-state index contributed by atoms with van der Waals surface area (Å²) in [5.41, 5.74) is 2.03. The Balaban J connectivity index is 1.18. The second kappa shape index (κ2) is 17.9. The van der Waals surface area contributed by atoms with Crippen molar-refractivity contribution in [1.29, 1.82) is 0 Å². The second-order valence-corrected chi connectivity index (χ2v) is 14.5. The third-order valence-electron chi connectivity index (χ3n) is 9.60. The highest BCUT2D eigenvalue weighted by Crippen LogP contribution is 2.43. The first-order valence-corrected chi connectivity index (χ1v) is 18.9. The van der Waals surface area contributed by atoms with Crippen LogP contribution in [0.1, 0.15) is 62.5 Å². The predicted molar refractivity (Wildman–Crippen MR) is 196 cm³/mol. The third kappa shape index (κ3) is 9.48. The van der Waals surface area contributed by atoms with E-state index in [1.165, 1.54) is 0 Å². The minimum absolute atomic E-state index is 0.0149. The molecule has 2 unspecified atom stereocenters. The number of halogens is 5. The summed E-state index contributed by atoms with van der Waals surface area (Å²) in [6.07, 6.45) is 4.33. The minimum atomic E-state index is -0.864. The number of fused-ring (bicyclic) bond motifs is 2. The van der Waals surface area contributed by atoms with Crippen molar-refractivity contribution in [3.05, 3.63) is 114 Å². The lowest BCUT2D eigenvalue weighted by atomic mass is 9.97. The molecule has 1 saturated carbocycles. The van der Waals surface area contributed by atoms with Crippen molar-refractivity contribution in [2.45, 2.75) is 82.5 Å². The molecule has 11 nitrogen and oxygen atoms in total. The Bertz CT molecular complexity index is 1900. The Kier molecular flexibility index (Phi) is 13.0. The van der Waals surface area contributed by atoms with Gasteiger partial charge < -0.3 is 23.9 Å². The molecule has 1 saturated heterocycles. The normalized spacial score (nSPS) is 17.7. The number of aryl methyl sites for hydroxylation is 1. The van der Waals surface area contributed by atoms with Crippen molar-refractivity contribution in [2.24, 2.45) is 0 Å². The lowest BCUT2D eigenvalue weighted by Crippen LogP contribution is -2.50. The maximum absolute atomic E-state index is 14.7. The largest absolute Gasteiger partial charge is 0.489 e. The van der Waals surface area contributed by atoms with E-state index in [9.17, 15) is 28.5 Å². The second-order valence-electron chi connectivity index (χ2n) is 13.3. The van der Waals surface area contributed by atoms with Gasteiger partial charge in [-0.15, -0.1) is 10.1 Å². The van der Waals surface area contributed by atoms with E-state index < -0.39 is 33.9 Å². The summed E-state index contributed by atoms with van der Waals surface area (Å²) in [7, 11) is 0. The fourth-order valence-corrected chi connectivity index (χ4v) is 7.40. The van der Waals surface area contributed by atoms with Gasteiger partial charge in [0.2, 0.25) is 0 Å². The van der Waals surface area contributed by atoms with Crippen LogP contribution in [0.15, 0.2) is 65.9 Å². The van der Waals surface area contributed by atoms with E-state index in [0.717, 1.165) is 30.5 Å². The van der Waals surface area contributed by atoms with E-state index in [0.29, 0.717) is 71.2 Å². The molecule has 3 aliphatic rings. The summed E-state index contributed by atoms with van der Waals surface area (Å²) in [6.45, 7) is 0.286. The van der Waals surface area contributed by atoms with E-state index in [-0.39, 0.29) is 56.5 Å². The first kappa shape index (κ1) is 39.4. The molecule has 1 aliphatic carbocycles. The van der Waals surface area contributed by atoms with E-state index >= 15 is 0 Å². The van der Waals surface area contributed by atoms with Gasteiger partial charge in [-0.05, 0) is 92.8 Å². The molecule has 0 radical (unpaired) electrons. The van der Waals surface area contributed by atoms with Crippen LogP contribution in [0.5, 0.6) is 11.5 Å². The van der Waals surface area contributed by atoms with Crippen molar-refractivity contribution in [3.63, 3.8) is 0 Å². The van der Waals surface area contributed by atoms with Crippen molar-refractivity contribution in [3.8, 4) is 11.5 Å². The van der Waals surface area contributed by atoms with Crippen LogP contribution in [0.3, 0.4) is 0 Å². The molecule has 2 fully saturated rings. The van der Waals surface area contributed by atoms with E-state index in [2.05, 4.69) is 4.84 Å². The van der Waals surface area contributed by atoms with Gasteiger partial charge in [0.05, 0.1) is 41.5 Å². The van der Waals surface area contributed by atoms with Gasteiger partial charge in [0.1, 0.15) is 22.3 Å². The zero-order valence-electron chi connectivity index (χ0n) is 29.1. The molecule has 16 heteroatoms. The predicted octanol–water partition coefficient (Wildman–Crippen LogP) is 9.12. The monoisotopic (exact) mass is 807 g/mol. The molecule has 0 spiro atoms. The van der Waals surface area contributed by atoms with Crippen molar-refractivity contribution >= 4 is 46.8 Å². The van der Waals surface area contributed by atoms with Crippen molar-refractivity contribution in [2.75, 3.05) is 19.8 Å². The molecule has 2 bridgehead atoms. The number of hydrogen-bond acceptors (Lipinski definition) is 8. The first-order chi connectivity index (χ1) is 26.0. The van der Waals surface area contributed by atoms with Gasteiger partial charge in [0, 0.05) is 25.0 Å². The third-order valence-corrected chi connectivity index (χ3v) is 10.8. The number of hydrogen-bond donors (Lipinski definition) is 0. The van der Waals surface area contributed by atoms with Crippen LogP contribution in [0.4, 0.5) is 13.6 Å². The molecule has 54 heavy (non-hydrogen) atoms. The number of amides is 2. The summed E-state index contributed by atoms with van der Waals surface area (Å²) in [5.74, 6) is -1.09. The number of carbonyl (C=O) groups is 2. The van der Waals surface area contributed by atoms with Crippen LogP contribution in [0.25, 0.3) is 0 Å². The molecule has 3 aromatic carbocycles. The fraction of sp³-hybridized carbons (Fsp3) is 0.421. The molecule has 3 aromatic rings. The highest BCUT2D eigenvalue weighted by molar-refractivity contribution is 6.42. The molecule has 6 rings (SSSR count). The lowest BCUT2D eigenvalue weighted by Gasteiger charge is -2.38. The molecule has 2 amide bonds. The van der Waals surface area contributed by atoms with Crippen molar-refractivity contribution < 1.29 is 42.5 Å². The van der Waals surface area contributed by atoms with Gasteiger partial charge in [0.15, 0.2) is 11.6 Å². The molecule has 2 aliphatic heterocycles. The SMILES string of the molecule is O=C(C1=C(Oc2ccc(CCCOc3c(F)ccc(F)c3Cl)cc2)CC2CCC1N2C(=O)OCCCCO[N+](=O)[O-])N(Cc1cccc(Cl)c1Cl)C1CC1. The van der Waals surface area contributed by atoms with Gasteiger partial charge in [0.25, 0.3) is 11.0 Å². The molecule has 2 heterocycles. The Morgan fingerprint density at radius 1 is 0.889 bits per heavy atom. The van der Waals surface area contributed by atoms with Crippen LogP contribution in [-0.2, 0) is 27.3 Å². The van der Waals surface area contributed by atoms with E-state index in [1.54, 1.807) is 34.1 Å². The Hall–Kier alpha value is -4.33. The van der Waals surface area contributed by atoms with Crippen LogP contribution in [-0.4, -0.2) is 64.8 Å². The smallest absolute Gasteiger partial charge is 0.410 e. The van der Waals surface area contributed by atoms with Crippen LogP contribution in [0.2, 0.25) is 15.1 Å². The maximum Gasteiger partial charge on any atom is 0.410 e. The number of benzene rings is 3. The molecule has 0 N–H and O–H groups in total. The Morgan fingerprint density at radius 3 is 2.37 bits per heavy atom. The average molecular weight is 809 g/mol. The Labute approximate surface area is 325 Å². The highest BCUT2D eigenvalue weighted by Gasteiger charge is 2.50. The topological polar surface area (TPSA) is 121 Å². The van der Waals surface area contributed by atoms with Gasteiger partial charge >= 0.3 is 6.09 Å². The van der Waals surface area contributed by atoms with Gasteiger partial charge in [-0.3, -0.25) is 9.69 Å². The summed E-state index contributed by atoms with van der Waals surface area (Å²) < 4.78 is 45.3. The van der Waals surface area contributed by atoms with Gasteiger partial charge in [-0.2, -0.15) is 0 Å². The number of nitrogens with zero attached hydrogens (tertiary/aromatic N) is 3. The summed E-state index contributed by atoms with van der Waals surface area (Å²) >= 11 is 18.7.